The van der Waals surface area contributed by atoms with Gasteiger partial charge in [-0.3, -0.25) is 0 Å². The zero-order valence-electron chi connectivity index (χ0n) is 13.5. The number of sulfonamides is 1. The molecule has 0 unspecified atom stereocenters. The average molecular weight is 335 g/mol. The molecule has 2 aromatic rings. The number of ether oxygens (including phenoxy) is 2. The van der Waals surface area contributed by atoms with E-state index in [2.05, 4.69) is 4.72 Å². The maximum atomic E-state index is 12.2. The van der Waals surface area contributed by atoms with Crippen molar-refractivity contribution in [3.8, 4) is 11.5 Å². The molecule has 0 aliphatic carbocycles. The minimum Gasteiger partial charge on any atom is -0.493 e. The maximum absolute atomic E-state index is 12.2. The number of benzene rings is 2. The normalized spacial score (nSPS) is 11.3. The van der Waals surface area contributed by atoms with Gasteiger partial charge in [0.25, 0.3) is 0 Å². The van der Waals surface area contributed by atoms with Gasteiger partial charge in [-0.25, -0.2) is 13.1 Å². The van der Waals surface area contributed by atoms with Gasteiger partial charge in [0.2, 0.25) is 10.0 Å². The minimum atomic E-state index is -3.48. The Kier molecular flexibility index (Phi) is 5.63. The fraction of sp³-hybridized carbons (Fsp3) is 0.294. The number of hydrogen-bond acceptors (Lipinski definition) is 4. The Balaban J connectivity index is 2.07. The summed E-state index contributed by atoms with van der Waals surface area (Å²) >= 11 is 0. The summed E-state index contributed by atoms with van der Waals surface area (Å²) in [4.78, 5) is 0.268. The van der Waals surface area contributed by atoms with Gasteiger partial charge in [-0.05, 0) is 48.7 Å². The molecule has 23 heavy (non-hydrogen) atoms. The lowest BCUT2D eigenvalue weighted by Gasteiger charge is -2.13. The monoisotopic (exact) mass is 335 g/mol. The van der Waals surface area contributed by atoms with Crippen molar-refractivity contribution in [1.29, 1.82) is 0 Å². The molecule has 0 bridgehead atoms. The second-order valence-electron chi connectivity index (χ2n) is 5.09. The zero-order chi connectivity index (χ0) is 16.9. The molecule has 0 saturated carbocycles. The largest absolute Gasteiger partial charge is 0.493 e. The Bertz CT molecular complexity index is 758. The summed E-state index contributed by atoms with van der Waals surface area (Å²) in [6, 6.07) is 12.1. The van der Waals surface area contributed by atoms with Crippen LogP contribution < -0.4 is 14.2 Å². The van der Waals surface area contributed by atoms with Crippen molar-refractivity contribution < 1.29 is 17.9 Å². The van der Waals surface area contributed by atoms with Crippen molar-refractivity contribution in [2.45, 2.75) is 18.2 Å². The van der Waals surface area contributed by atoms with Gasteiger partial charge in [-0.15, -0.1) is 0 Å². The maximum Gasteiger partial charge on any atom is 0.240 e. The lowest BCUT2D eigenvalue weighted by atomic mass is 10.0. The van der Waals surface area contributed by atoms with Crippen LogP contribution in [0.3, 0.4) is 0 Å². The first kappa shape index (κ1) is 17.3. The van der Waals surface area contributed by atoms with Gasteiger partial charge in [-0.1, -0.05) is 18.2 Å². The Hall–Kier alpha value is -2.05. The molecule has 0 heterocycles. The van der Waals surface area contributed by atoms with E-state index in [1.807, 2.05) is 19.1 Å². The number of hydrogen-bond donors (Lipinski definition) is 1. The van der Waals surface area contributed by atoms with Crippen LogP contribution in [-0.4, -0.2) is 29.2 Å². The summed E-state index contributed by atoms with van der Waals surface area (Å²) < 4.78 is 37.5. The van der Waals surface area contributed by atoms with Crippen molar-refractivity contribution in [2.75, 3.05) is 20.8 Å². The average Bonchev–Trinajstić information content (AvgIpc) is 2.56. The predicted molar refractivity (Wildman–Crippen MR) is 89.6 cm³/mol. The summed E-state index contributed by atoms with van der Waals surface area (Å²) in [5.41, 5.74) is 2.04. The zero-order valence-corrected chi connectivity index (χ0v) is 14.3. The number of nitrogens with one attached hydrogen (secondary N) is 1. The lowest BCUT2D eigenvalue weighted by Crippen LogP contribution is -2.26. The fourth-order valence-electron chi connectivity index (χ4n) is 2.30. The Labute approximate surface area is 137 Å². The molecule has 0 atom stereocenters. The molecule has 2 aromatic carbocycles. The molecule has 124 valence electrons. The third kappa shape index (κ3) is 4.24. The molecule has 0 aromatic heterocycles. The van der Waals surface area contributed by atoms with Crippen LogP contribution in [0.2, 0.25) is 0 Å². The topological polar surface area (TPSA) is 64.6 Å². The van der Waals surface area contributed by atoms with Crippen LogP contribution >= 0.6 is 0 Å². The van der Waals surface area contributed by atoms with E-state index in [0.717, 1.165) is 11.1 Å². The second-order valence-corrected chi connectivity index (χ2v) is 6.86. The molecule has 2 rings (SSSR count). The van der Waals surface area contributed by atoms with Gasteiger partial charge in [0.05, 0.1) is 19.1 Å². The molecule has 0 amide bonds. The Morgan fingerprint density at radius 1 is 1.00 bits per heavy atom. The first-order valence-corrected chi connectivity index (χ1v) is 8.72. The predicted octanol–water partition coefficient (Wildman–Crippen LogP) is 2.53. The van der Waals surface area contributed by atoms with Crippen LogP contribution in [-0.2, 0) is 16.4 Å². The molecule has 0 aliphatic rings. The highest BCUT2D eigenvalue weighted by Crippen LogP contribution is 2.30. The van der Waals surface area contributed by atoms with E-state index in [-0.39, 0.29) is 4.90 Å². The number of methoxy groups -OCH3 is 2. The Morgan fingerprint density at radius 2 is 1.61 bits per heavy atom. The van der Waals surface area contributed by atoms with Gasteiger partial charge in [0.1, 0.15) is 0 Å². The van der Waals surface area contributed by atoms with Crippen molar-refractivity contribution in [3.05, 3.63) is 53.6 Å². The summed E-state index contributed by atoms with van der Waals surface area (Å²) in [7, 11) is -0.311. The number of rotatable bonds is 7. The van der Waals surface area contributed by atoms with E-state index in [1.54, 1.807) is 44.6 Å². The van der Waals surface area contributed by atoms with E-state index >= 15 is 0 Å². The SMILES string of the molecule is COc1cc(C)c(CCNS(=O)(=O)c2ccccc2)cc1OC. The van der Waals surface area contributed by atoms with Crippen LogP contribution in [0.4, 0.5) is 0 Å². The molecule has 6 heteroatoms. The molecule has 0 saturated heterocycles. The number of aryl methyl sites for hydroxylation is 1. The van der Waals surface area contributed by atoms with E-state index < -0.39 is 10.0 Å². The van der Waals surface area contributed by atoms with Crippen molar-refractivity contribution >= 4 is 10.0 Å². The summed E-state index contributed by atoms with van der Waals surface area (Å²) in [5.74, 6) is 1.30. The van der Waals surface area contributed by atoms with Crippen LogP contribution in [0.15, 0.2) is 47.4 Å². The molecule has 0 fully saturated rings. The van der Waals surface area contributed by atoms with E-state index in [1.165, 1.54) is 0 Å². The van der Waals surface area contributed by atoms with Crippen molar-refractivity contribution in [1.82, 2.24) is 4.72 Å². The lowest BCUT2D eigenvalue weighted by molar-refractivity contribution is 0.354. The summed E-state index contributed by atoms with van der Waals surface area (Å²) in [6.07, 6.45) is 0.568. The molecular formula is C17H21NO4S. The van der Waals surface area contributed by atoms with Gasteiger partial charge in [0, 0.05) is 6.54 Å². The smallest absolute Gasteiger partial charge is 0.240 e. The second kappa shape index (κ2) is 7.48. The van der Waals surface area contributed by atoms with E-state index in [0.29, 0.717) is 24.5 Å². The third-order valence-corrected chi connectivity index (χ3v) is 5.06. The van der Waals surface area contributed by atoms with Crippen LogP contribution in [0.25, 0.3) is 0 Å². The molecular weight excluding hydrogens is 314 g/mol. The van der Waals surface area contributed by atoms with Gasteiger partial charge in [-0.2, -0.15) is 0 Å². The quantitative estimate of drug-likeness (QED) is 0.844. The standard InChI is InChI=1S/C17H21NO4S/c1-13-11-16(21-2)17(22-3)12-14(13)9-10-18-23(19,20)15-7-5-4-6-8-15/h4-8,11-12,18H,9-10H2,1-3H3. The van der Waals surface area contributed by atoms with Gasteiger partial charge >= 0.3 is 0 Å². The van der Waals surface area contributed by atoms with Gasteiger partial charge in [0.15, 0.2) is 11.5 Å². The minimum absolute atomic E-state index is 0.268. The molecule has 0 aliphatic heterocycles. The fourth-order valence-corrected chi connectivity index (χ4v) is 3.35. The molecule has 0 spiro atoms. The molecule has 0 radical (unpaired) electrons. The summed E-state index contributed by atoms with van der Waals surface area (Å²) in [6.45, 7) is 2.27. The van der Waals surface area contributed by atoms with Gasteiger partial charge < -0.3 is 9.47 Å². The van der Waals surface area contributed by atoms with E-state index in [9.17, 15) is 8.42 Å². The van der Waals surface area contributed by atoms with Crippen LogP contribution in [0.1, 0.15) is 11.1 Å². The van der Waals surface area contributed by atoms with E-state index in [4.69, 9.17) is 9.47 Å². The first-order chi connectivity index (χ1) is 11.0. The van der Waals surface area contributed by atoms with Crippen molar-refractivity contribution in [2.24, 2.45) is 0 Å². The molecule has 1 N–H and O–H groups in total. The first-order valence-electron chi connectivity index (χ1n) is 7.24. The highest BCUT2D eigenvalue weighted by atomic mass is 32.2. The molecule has 5 nitrogen and oxygen atoms in total. The third-order valence-electron chi connectivity index (χ3n) is 3.58. The Morgan fingerprint density at radius 3 is 2.22 bits per heavy atom. The van der Waals surface area contributed by atoms with Crippen molar-refractivity contribution in [3.63, 3.8) is 0 Å². The highest BCUT2D eigenvalue weighted by Gasteiger charge is 2.13. The van der Waals surface area contributed by atoms with Crippen LogP contribution in [0, 0.1) is 6.92 Å². The van der Waals surface area contributed by atoms with Crippen LogP contribution in [0.5, 0.6) is 11.5 Å². The summed E-state index contributed by atoms with van der Waals surface area (Å²) in [5, 5.41) is 0. The highest BCUT2D eigenvalue weighted by molar-refractivity contribution is 7.89.